The summed E-state index contributed by atoms with van der Waals surface area (Å²) < 4.78 is 0. The molecule has 0 atom stereocenters. The van der Waals surface area contributed by atoms with Crippen LogP contribution in [0.1, 0.15) is 5.56 Å². The van der Waals surface area contributed by atoms with Crippen LogP contribution in [0.15, 0.2) is 23.2 Å². The summed E-state index contributed by atoms with van der Waals surface area (Å²) in [5, 5.41) is 9.04. The smallest absolute Gasteiger partial charge is 0.0866 e. The first kappa shape index (κ1) is 12.6. The standard InChI is InChI=1S/C10H10Cl2N2S/c1-15-10(13)6-14-5-7-8(11)3-2-4-9(7)12/h2-5,13H,6H2,1H3. The predicted octanol–water partition coefficient (Wildman–Crippen LogP) is 3.75. The Hall–Kier alpha value is -0.510. The highest BCUT2D eigenvalue weighted by atomic mass is 35.5. The van der Waals surface area contributed by atoms with Crippen LogP contribution in [-0.4, -0.2) is 24.1 Å². The fourth-order valence-electron chi connectivity index (χ4n) is 0.918. The average Bonchev–Trinajstić information content (AvgIpc) is 2.22. The largest absolute Gasteiger partial charge is 0.296 e. The SMILES string of the molecule is CSC(=N)CN=Cc1c(Cl)cccc1Cl. The van der Waals surface area contributed by atoms with Gasteiger partial charge in [-0.25, -0.2) is 0 Å². The number of benzene rings is 1. The van der Waals surface area contributed by atoms with Gasteiger partial charge in [-0.1, -0.05) is 29.3 Å². The van der Waals surface area contributed by atoms with Gasteiger partial charge in [-0.2, -0.15) is 0 Å². The molecule has 1 aromatic carbocycles. The molecule has 15 heavy (non-hydrogen) atoms. The van der Waals surface area contributed by atoms with E-state index in [4.69, 9.17) is 28.6 Å². The minimum atomic E-state index is 0.364. The lowest BCUT2D eigenvalue weighted by Crippen LogP contribution is -1.95. The zero-order valence-corrected chi connectivity index (χ0v) is 10.5. The van der Waals surface area contributed by atoms with Crippen LogP contribution >= 0.6 is 35.0 Å². The normalized spacial score (nSPS) is 10.9. The molecular weight excluding hydrogens is 251 g/mol. The Balaban J connectivity index is 2.76. The van der Waals surface area contributed by atoms with Gasteiger partial charge in [0.1, 0.15) is 0 Å². The Kier molecular flexibility index (Phi) is 5.15. The molecular formula is C10H10Cl2N2S. The lowest BCUT2D eigenvalue weighted by atomic mass is 10.2. The maximum absolute atomic E-state index is 7.39. The average molecular weight is 261 g/mol. The first-order chi connectivity index (χ1) is 7.15. The highest BCUT2D eigenvalue weighted by Gasteiger charge is 2.01. The number of aliphatic imine (C=N–C) groups is 1. The molecule has 80 valence electrons. The molecule has 0 radical (unpaired) electrons. The molecule has 0 heterocycles. The van der Waals surface area contributed by atoms with Gasteiger partial charge in [-0.15, -0.1) is 11.8 Å². The van der Waals surface area contributed by atoms with Gasteiger partial charge in [0.2, 0.25) is 0 Å². The monoisotopic (exact) mass is 260 g/mol. The Morgan fingerprint density at radius 2 is 2.07 bits per heavy atom. The second-order valence-electron chi connectivity index (χ2n) is 2.73. The summed E-state index contributed by atoms with van der Waals surface area (Å²) in [5.41, 5.74) is 0.703. The molecule has 5 heteroatoms. The zero-order chi connectivity index (χ0) is 11.3. The molecule has 0 spiro atoms. The molecule has 0 aliphatic heterocycles. The summed E-state index contributed by atoms with van der Waals surface area (Å²) in [7, 11) is 0. The summed E-state index contributed by atoms with van der Waals surface area (Å²) in [6.45, 7) is 0.364. The first-order valence-corrected chi connectivity index (χ1v) is 6.18. The van der Waals surface area contributed by atoms with E-state index >= 15 is 0 Å². The van der Waals surface area contributed by atoms with Gasteiger partial charge in [0.25, 0.3) is 0 Å². The Morgan fingerprint density at radius 3 is 2.60 bits per heavy atom. The van der Waals surface area contributed by atoms with E-state index in [2.05, 4.69) is 4.99 Å². The van der Waals surface area contributed by atoms with Crippen molar-refractivity contribution in [2.45, 2.75) is 0 Å². The highest BCUT2D eigenvalue weighted by Crippen LogP contribution is 2.22. The van der Waals surface area contributed by atoms with Crippen molar-refractivity contribution in [3.05, 3.63) is 33.8 Å². The molecule has 1 N–H and O–H groups in total. The molecule has 0 aliphatic rings. The fourth-order valence-corrected chi connectivity index (χ4v) is 1.62. The highest BCUT2D eigenvalue weighted by molar-refractivity contribution is 8.13. The lowest BCUT2D eigenvalue weighted by Gasteiger charge is -2.00. The molecule has 1 aromatic rings. The first-order valence-electron chi connectivity index (χ1n) is 4.20. The van der Waals surface area contributed by atoms with Crippen LogP contribution < -0.4 is 0 Å². The third-order valence-corrected chi connectivity index (χ3v) is 2.98. The van der Waals surface area contributed by atoms with Crippen molar-refractivity contribution in [1.29, 1.82) is 5.41 Å². The summed E-state index contributed by atoms with van der Waals surface area (Å²) in [5.74, 6) is 0. The van der Waals surface area contributed by atoms with Crippen LogP contribution in [0, 0.1) is 5.41 Å². The van der Waals surface area contributed by atoms with E-state index in [1.807, 2.05) is 6.26 Å². The predicted molar refractivity (Wildman–Crippen MR) is 70.2 cm³/mol. The van der Waals surface area contributed by atoms with Gasteiger partial charge in [-0.05, 0) is 18.4 Å². The van der Waals surface area contributed by atoms with Crippen LogP contribution in [0.25, 0.3) is 0 Å². The van der Waals surface area contributed by atoms with Crippen molar-refractivity contribution in [1.82, 2.24) is 0 Å². The van der Waals surface area contributed by atoms with Gasteiger partial charge < -0.3 is 0 Å². The second kappa shape index (κ2) is 6.16. The van der Waals surface area contributed by atoms with Gasteiger partial charge in [0, 0.05) is 11.8 Å². The molecule has 0 aromatic heterocycles. The molecule has 2 nitrogen and oxygen atoms in total. The van der Waals surface area contributed by atoms with Gasteiger partial charge in [0.15, 0.2) is 0 Å². The topological polar surface area (TPSA) is 36.2 Å². The van der Waals surface area contributed by atoms with E-state index < -0.39 is 0 Å². The van der Waals surface area contributed by atoms with E-state index in [0.717, 1.165) is 0 Å². The van der Waals surface area contributed by atoms with E-state index in [1.54, 1.807) is 24.4 Å². The Morgan fingerprint density at radius 1 is 1.47 bits per heavy atom. The number of rotatable bonds is 3. The number of hydrogen-bond acceptors (Lipinski definition) is 3. The molecule has 0 bridgehead atoms. The van der Waals surface area contributed by atoms with Crippen molar-refractivity contribution in [2.75, 3.05) is 12.8 Å². The molecule has 0 unspecified atom stereocenters. The van der Waals surface area contributed by atoms with E-state index in [9.17, 15) is 0 Å². The van der Waals surface area contributed by atoms with Gasteiger partial charge in [-0.3, -0.25) is 10.4 Å². The molecule has 0 saturated carbocycles. The number of halogens is 2. The second-order valence-corrected chi connectivity index (χ2v) is 4.45. The van der Waals surface area contributed by atoms with Crippen molar-refractivity contribution >= 4 is 46.2 Å². The number of hydrogen-bond donors (Lipinski definition) is 1. The summed E-state index contributed by atoms with van der Waals surface area (Å²) in [6.07, 6.45) is 3.45. The quantitative estimate of drug-likeness (QED) is 0.652. The lowest BCUT2D eigenvalue weighted by molar-refractivity contribution is 1.30. The van der Waals surface area contributed by atoms with Crippen molar-refractivity contribution in [3.8, 4) is 0 Å². The van der Waals surface area contributed by atoms with Crippen LogP contribution in [0.3, 0.4) is 0 Å². The zero-order valence-electron chi connectivity index (χ0n) is 8.13. The maximum Gasteiger partial charge on any atom is 0.0866 e. The molecule has 0 amide bonds. The molecule has 0 saturated heterocycles. The fraction of sp³-hybridized carbons (Fsp3) is 0.200. The minimum absolute atomic E-state index is 0.364. The Bertz CT molecular complexity index is 371. The number of nitrogens with zero attached hydrogens (tertiary/aromatic N) is 1. The minimum Gasteiger partial charge on any atom is -0.296 e. The van der Waals surface area contributed by atoms with Crippen molar-refractivity contribution < 1.29 is 0 Å². The molecule has 0 aliphatic carbocycles. The van der Waals surface area contributed by atoms with E-state index in [0.29, 0.717) is 27.2 Å². The maximum atomic E-state index is 7.39. The van der Waals surface area contributed by atoms with Crippen LogP contribution in [0.5, 0.6) is 0 Å². The molecule has 0 fully saturated rings. The van der Waals surface area contributed by atoms with Crippen LogP contribution in [0.4, 0.5) is 0 Å². The van der Waals surface area contributed by atoms with Crippen LogP contribution in [0.2, 0.25) is 10.0 Å². The number of thioether (sulfide) groups is 1. The summed E-state index contributed by atoms with van der Waals surface area (Å²) in [4.78, 5) is 4.09. The van der Waals surface area contributed by atoms with E-state index in [1.165, 1.54) is 11.8 Å². The third kappa shape index (κ3) is 3.86. The Labute approximate surface area is 103 Å². The van der Waals surface area contributed by atoms with Crippen LogP contribution in [-0.2, 0) is 0 Å². The third-order valence-electron chi connectivity index (χ3n) is 1.70. The number of nitrogens with one attached hydrogen (secondary N) is 1. The van der Waals surface area contributed by atoms with Crippen molar-refractivity contribution in [3.63, 3.8) is 0 Å². The van der Waals surface area contributed by atoms with Crippen molar-refractivity contribution in [2.24, 2.45) is 4.99 Å². The molecule has 1 rings (SSSR count). The van der Waals surface area contributed by atoms with Gasteiger partial charge >= 0.3 is 0 Å². The van der Waals surface area contributed by atoms with E-state index in [-0.39, 0.29) is 0 Å². The van der Waals surface area contributed by atoms with Gasteiger partial charge in [0.05, 0.1) is 21.6 Å². The summed E-state index contributed by atoms with van der Waals surface area (Å²) in [6, 6.07) is 5.30. The summed E-state index contributed by atoms with van der Waals surface area (Å²) >= 11 is 13.3.